The zero-order valence-corrected chi connectivity index (χ0v) is 21.9. The van der Waals surface area contributed by atoms with Gasteiger partial charge in [-0.2, -0.15) is 0 Å². The molecule has 1 aliphatic rings. The highest BCUT2D eigenvalue weighted by Gasteiger charge is 2.26. The molecule has 0 aliphatic carbocycles. The van der Waals surface area contributed by atoms with E-state index in [1.165, 1.54) is 0 Å². The van der Waals surface area contributed by atoms with Crippen LogP contribution in [0.5, 0.6) is 11.5 Å². The van der Waals surface area contributed by atoms with Crippen molar-refractivity contribution in [2.45, 2.75) is 0 Å². The molecule has 1 saturated heterocycles. The molecule has 0 spiro atoms. The number of piperazine rings is 1. The standard InChI is InChI=1S/C31H29N5O3/c1-38-25-12-6-10-23(18-25)31(37)35-16-14-34(15-17-35)29-28-27(22-8-4-3-5-9-22)20-36(30(28)33-21-32-29)24-11-7-13-26(19-24)39-2/h3-13,18-21H,14-17H2,1-2H3. The molecule has 0 N–H and O–H groups in total. The lowest BCUT2D eigenvalue weighted by Crippen LogP contribution is -2.49. The van der Waals surface area contributed by atoms with Gasteiger partial charge in [0.1, 0.15) is 23.6 Å². The number of hydrogen-bond acceptors (Lipinski definition) is 6. The summed E-state index contributed by atoms with van der Waals surface area (Å²) < 4.78 is 12.9. The molecule has 5 aromatic rings. The highest BCUT2D eigenvalue weighted by atomic mass is 16.5. The maximum absolute atomic E-state index is 13.2. The number of aromatic nitrogens is 3. The van der Waals surface area contributed by atoms with E-state index in [-0.39, 0.29) is 5.91 Å². The third kappa shape index (κ3) is 4.65. The Labute approximate surface area is 227 Å². The Morgan fingerprint density at radius 3 is 2.26 bits per heavy atom. The second-order valence-corrected chi connectivity index (χ2v) is 9.39. The van der Waals surface area contributed by atoms with Gasteiger partial charge in [-0.25, -0.2) is 9.97 Å². The van der Waals surface area contributed by atoms with Crippen molar-refractivity contribution in [3.05, 3.63) is 97.0 Å². The van der Waals surface area contributed by atoms with Crippen molar-refractivity contribution in [3.63, 3.8) is 0 Å². The molecule has 3 heterocycles. The summed E-state index contributed by atoms with van der Waals surface area (Å²) in [4.78, 5) is 26.8. The van der Waals surface area contributed by atoms with E-state index < -0.39 is 0 Å². The molecule has 8 heteroatoms. The molecule has 1 aliphatic heterocycles. The first kappa shape index (κ1) is 24.5. The van der Waals surface area contributed by atoms with Gasteiger partial charge in [0.25, 0.3) is 5.91 Å². The minimum atomic E-state index is 0.00976. The van der Waals surface area contributed by atoms with Gasteiger partial charge in [-0.15, -0.1) is 0 Å². The van der Waals surface area contributed by atoms with Crippen LogP contribution in [0.1, 0.15) is 10.4 Å². The molecular formula is C31H29N5O3. The van der Waals surface area contributed by atoms with Gasteiger partial charge in [0.05, 0.1) is 25.3 Å². The van der Waals surface area contributed by atoms with E-state index in [4.69, 9.17) is 19.4 Å². The van der Waals surface area contributed by atoms with Crippen molar-refractivity contribution in [1.82, 2.24) is 19.4 Å². The summed E-state index contributed by atoms with van der Waals surface area (Å²) >= 11 is 0. The Bertz CT molecular complexity index is 1620. The minimum Gasteiger partial charge on any atom is -0.497 e. The largest absolute Gasteiger partial charge is 0.497 e. The Hall–Kier alpha value is -4.85. The van der Waals surface area contributed by atoms with Crippen LogP contribution >= 0.6 is 0 Å². The number of amides is 1. The molecule has 0 bridgehead atoms. The summed E-state index contributed by atoms with van der Waals surface area (Å²) in [7, 11) is 3.28. The van der Waals surface area contributed by atoms with Crippen molar-refractivity contribution in [1.29, 1.82) is 0 Å². The van der Waals surface area contributed by atoms with E-state index in [1.54, 1.807) is 26.6 Å². The monoisotopic (exact) mass is 519 g/mol. The maximum Gasteiger partial charge on any atom is 0.254 e. The topological polar surface area (TPSA) is 72.7 Å². The Kier molecular flexibility index (Phi) is 6.59. The van der Waals surface area contributed by atoms with Crippen LogP contribution in [0.4, 0.5) is 5.82 Å². The number of carbonyl (C=O) groups excluding carboxylic acids is 1. The number of fused-ring (bicyclic) bond motifs is 1. The fourth-order valence-electron chi connectivity index (χ4n) is 5.14. The lowest BCUT2D eigenvalue weighted by molar-refractivity contribution is 0.0746. The van der Waals surface area contributed by atoms with Crippen molar-refractivity contribution in [2.24, 2.45) is 0 Å². The molecule has 0 unspecified atom stereocenters. The van der Waals surface area contributed by atoms with E-state index >= 15 is 0 Å². The van der Waals surface area contributed by atoms with Crippen molar-refractivity contribution < 1.29 is 14.3 Å². The molecule has 8 nitrogen and oxygen atoms in total. The summed E-state index contributed by atoms with van der Waals surface area (Å²) in [5.41, 5.74) is 4.56. The van der Waals surface area contributed by atoms with Crippen molar-refractivity contribution in [3.8, 4) is 28.3 Å². The van der Waals surface area contributed by atoms with Crippen LogP contribution in [-0.4, -0.2) is 65.7 Å². The fourth-order valence-corrected chi connectivity index (χ4v) is 5.14. The Morgan fingerprint density at radius 1 is 0.795 bits per heavy atom. The van der Waals surface area contributed by atoms with Gasteiger partial charge in [0.15, 0.2) is 5.65 Å². The summed E-state index contributed by atoms with van der Waals surface area (Å²) in [5.74, 6) is 2.34. The lowest BCUT2D eigenvalue weighted by atomic mass is 10.1. The van der Waals surface area contributed by atoms with Crippen molar-refractivity contribution >= 4 is 22.8 Å². The number of nitrogens with zero attached hydrogens (tertiary/aromatic N) is 5. The molecule has 0 saturated carbocycles. The summed E-state index contributed by atoms with van der Waals surface area (Å²) in [5, 5.41) is 0.985. The van der Waals surface area contributed by atoms with Gasteiger partial charge in [-0.1, -0.05) is 42.5 Å². The number of carbonyl (C=O) groups is 1. The van der Waals surface area contributed by atoms with Crippen LogP contribution < -0.4 is 14.4 Å². The van der Waals surface area contributed by atoms with E-state index in [1.807, 2.05) is 65.6 Å². The second-order valence-electron chi connectivity index (χ2n) is 9.39. The van der Waals surface area contributed by atoms with Crippen molar-refractivity contribution in [2.75, 3.05) is 45.3 Å². The quantitative estimate of drug-likeness (QED) is 0.312. The molecule has 196 valence electrons. The Balaban J connectivity index is 1.36. The molecule has 6 rings (SSSR count). The van der Waals surface area contributed by atoms with E-state index in [9.17, 15) is 4.79 Å². The molecule has 0 radical (unpaired) electrons. The first-order valence-electron chi connectivity index (χ1n) is 12.9. The summed E-state index contributed by atoms with van der Waals surface area (Å²) in [6, 6.07) is 25.6. The van der Waals surface area contributed by atoms with E-state index in [0.29, 0.717) is 37.5 Å². The second kappa shape index (κ2) is 10.5. The third-order valence-electron chi connectivity index (χ3n) is 7.16. The molecule has 3 aromatic carbocycles. The molecule has 1 fully saturated rings. The van der Waals surface area contributed by atoms with Crippen LogP contribution in [0.3, 0.4) is 0 Å². The molecule has 39 heavy (non-hydrogen) atoms. The fraction of sp³-hybridized carbons (Fsp3) is 0.194. The molecule has 2 aromatic heterocycles. The molecule has 1 amide bonds. The number of hydrogen-bond donors (Lipinski definition) is 0. The SMILES string of the molecule is COc1cccc(C(=O)N2CCN(c3ncnc4c3c(-c3ccccc3)cn4-c3cccc(OC)c3)CC2)c1. The van der Waals surface area contributed by atoms with Gasteiger partial charge in [0.2, 0.25) is 0 Å². The average Bonchev–Trinajstić information content (AvgIpc) is 3.41. The summed E-state index contributed by atoms with van der Waals surface area (Å²) in [6.07, 6.45) is 3.74. The van der Waals surface area contributed by atoms with E-state index in [0.717, 1.165) is 39.4 Å². The van der Waals surface area contributed by atoms with Gasteiger partial charge in [-0.3, -0.25) is 4.79 Å². The normalized spacial score (nSPS) is 13.5. The zero-order valence-electron chi connectivity index (χ0n) is 21.9. The highest BCUT2D eigenvalue weighted by Crippen LogP contribution is 2.37. The molecular weight excluding hydrogens is 490 g/mol. The number of anilines is 1. The van der Waals surface area contributed by atoms with Gasteiger partial charge in [0, 0.05) is 49.6 Å². The minimum absolute atomic E-state index is 0.00976. The zero-order chi connectivity index (χ0) is 26.8. The number of ether oxygens (including phenoxy) is 2. The van der Waals surface area contributed by atoms with Crippen LogP contribution in [0.2, 0.25) is 0 Å². The molecule has 0 atom stereocenters. The van der Waals surface area contributed by atoms with E-state index in [2.05, 4.69) is 27.8 Å². The predicted molar refractivity (Wildman–Crippen MR) is 152 cm³/mol. The van der Waals surface area contributed by atoms with Crippen LogP contribution in [0, 0.1) is 0 Å². The van der Waals surface area contributed by atoms with Crippen LogP contribution in [0.15, 0.2) is 91.4 Å². The highest BCUT2D eigenvalue weighted by molar-refractivity contribution is 6.02. The smallest absolute Gasteiger partial charge is 0.254 e. The lowest BCUT2D eigenvalue weighted by Gasteiger charge is -2.35. The van der Waals surface area contributed by atoms with Crippen LogP contribution in [0.25, 0.3) is 27.8 Å². The van der Waals surface area contributed by atoms with Gasteiger partial charge >= 0.3 is 0 Å². The maximum atomic E-state index is 13.2. The van der Waals surface area contributed by atoms with Crippen LogP contribution in [-0.2, 0) is 0 Å². The summed E-state index contributed by atoms with van der Waals surface area (Å²) in [6.45, 7) is 2.53. The van der Waals surface area contributed by atoms with Gasteiger partial charge in [-0.05, 0) is 35.9 Å². The first-order chi connectivity index (χ1) is 19.2. The first-order valence-corrected chi connectivity index (χ1v) is 12.9. The third-order valence-corrected chi connectivity index (χ3v) is 7.16. The average molecular weight is 520 g/mol. The predicted octanol–water partition coefficient (Wildman–Crippen LogP) is 5.07. The Morgan fingerprint density at radius 2 is 1.51 bits per heavy atom. The number of benzene rings is 3. The number of methoxy groups -OCH3 is 2. The number of rotatable bonds is 6. The van der Waals surface area contributed by atoms with Gasteiger partial charge < -0.3 is 23.8 Å².